The molecule has 0 amide bonds. The number of rotatable bonds is 6. The van der Waals surface area contributed by atoms with E-state index in [1.807, 2.05) is 12.1 Å². The largest absolute Gasteiger partial charge is 0.435 e. The molecule has 0 fully saturated rings. The van der Waals surface area contributed by atoms with E-state index in [4.69, 9.17) is 0 Å². The van der Waals surface area contributed by atoms with Crippen molar-refractivity contribution >= 4 is 10.0 Å². The number of aromatic nitrogens is 4. The van der Waals surface area contributed by atoms with Gasteiger partial charge in [0.1, 0.15) is 0 Å². The summed E-state index contributed by atoms with van der Waals surface area (Å²) >= 11 is 0. The van der Waals surface area contributed by atoms with Gasteiger partial charge in [-0.25, -0.2) is 13.1 Å². The average Bonchev–Trinajstić information content (AvgIpc) is 3.38. The smallest absolute Gasteiger partial charge is 0.392 e. The number of aryl methyl sites for hydroxylation is 1. The molecule has 4 rings (SSSR count). The van der Waals surface area contributed by atoms with Gasteiger partial charge >= 0.3 is 6.18 Å². The predicted octanol–water partition coefficient (Wildman–Crippen LogP) is 1.62. The van der Waals surface area contributed by atoms with Crippen LogP contribution >= 0.6 is 0 Å². The van der Waals surface area contributed by atoms with Gasteiger partial charge in [0.05, 0.1) is 19.3 Å². The number of aliphatic hydroxyl groups is 1. The highest BCUT2D eigenvalue weighted by molar-refractivity contribution is 7.89. The van der Waals surface area contributed by atoms with Crippen molar-refractivity contribution in [2.75, 3.05) is 0 Å². The van der Waals surface area contributed by atoms with Crippen LogP contribution in [0.2, 0.25) is 0 Å². The molecule has 0 saturated carbocycles. The normalized spacial score (nSPS) is 16.6. The summed E-state index contributed by atoms with van der Waals surface area (Å²) in [5.74, 6) is 0. The molecule has 8 nitrogen and oxygen atoms in total. The first kappa shape index (κ1) is 21.5. The molecule has 166 valence electrons. The fourth-order valence-electron chi connectivity index (χ4n) is 3.84. The standard InChI is InChI=1S/C19H20F3N5O3S/c1-26-17(4-5-23-26)31(29,30)25-16-7-13-3-2-12(6-14(13)8-16)9-27-10-15(11-28)18(24-27)19(20,21)22/h2-6,10,16,25,28H,7-9,11H2,1H3. The average molecular weight is 455 g/mol. The third-order valence-corrected chi connectivity index (χ3v) is 6.79. The molecule has 1 aliphatic rings. The summed E-state index contributed by atoms with van der Waals surface area (Å²) in [6, 6.07) is 6.57. The number of hydrogen-bond acceptors (Lipinski definition) is 5. The SMILES string of the molecule is Cn1nccc1S(=O)(=O)NC1Cc2ccc(Cn3cc(CO)c(C(F)(F)F)n3)cc2C1. The summed E-state index contributed by atoms with van der Waals surface area (Å²) in [6.07, 6.45) is -1.07. The van der Waals surface area contributed by atoms with Crippen molar-refractivity contribution in [2.45, 2.75) is 43.2 Å². The van der Waals surface area contributed by atoms with E-state index in [9.17, 15) is 26.7 Å². The van der Waals surface area contributed by atoms with E-state index < -0.39 is 28.5 Å². The van der Waals surface area contributed by atoms with E-state index in [-0.39, 0.29) is 23.2 Å². The molecule has 31 heavy (non-hydrogen) atoms. The molecule has 1 aliphatic carbocycles. The number of nitrogens with one attached hydrogen (secondary N) is 1. The topological polar surface area (TPSA) is 102 Å². The molecule has 2 heterocycles. The third-order valence-electron chi connectivity index (χ3n) is 5.20. The Balaban J connectivity index is 1.49. The lowest BCUT2D eigenvalue weighted by molar-refractivity contribution is -0.142. The Morgan fingerprint density at radius 1 is 1.23 bits per heavy atom. The molecule has 3 aromatic rings. The van der Waals surface area contributed by atoms with Crippen molar-refractivity contribution in [3.8, 4) is 0 Å². The number of hydrogen-bond donors (Lipinski definition) is 2. The van der Waals surface area contributed by atoms with Gasteiger partial charge in [0.2, 0.25) is 0 Å². The van der Waals surface area contributed by atoms with Gasteiger partial charge in [0, 0.05) is 24.8 Å². The lowest BCUT2D eigenvalue weighted by atomic mass is 10.1. The zero-order valence-electron chi connectivity index (χ0n) is 16.5. The summed E-state index contributed by atoms with van der Waals surface area (Å²) in [5, 5.41) is 16.7. The Labute approximate surface area is 176 Å². The number of sulfonamides is 1. The van der Waals surface area contributed by atoms with Crippen LogP contribution < -0.4 is 4.72 Å². The molecule has 0 spiro atoms. The van der Waals surface area contributed by atoms with Crippen LogP contribution in [0.5, 0.6) is 0 Å². The third kappa shape index (κ3) is 4.36. The minimum absolute atomic E-state index is 0.0722. The second-order valence-corrected chi connectivity index (χ2v) is 9.14. The monoisotopic (exact) mass is 455 g/mol. The Kier molecular flexibility index (Phi) is 5.40. The molecular weight excluding hydrogens is 435 g/mol. The lowest BCUT2D eigenvalue weighted by Gasteiger charge is -2.12. The van der Waals surface area contributed by atoms with Gasteiger partial charge in [-0.1, -0.05) is 18.2 Å². The van der Waals surface area contributed by atoms with Gasteiger partial charge in [0.25, 0.3) is 10.0 Å². The first-order valence-corrected chi connectivity index (χ1v) is 10.9. The summed E-state index contributed by atoms with van der Waals surface area (Å²) < 4.78 is 69.3. The van der Waals surface area contributed by atoms with Crippen LogP contribution in [0.15, 0.2) is 41.7 Å². The molecule has 0 radical (unpaired) electrons. The van der Waals surface area contributed by atoms with E-state index >= 15 is 0 Å². The van der Waals surface area contributed by atoms with Gasteiger partial charge in [-0.2, -0.15) is 23.4 Å². The molecule has 1 aromatic carbocycles. The fraction of sp³-hybridized carbons (Fsp3) is 0.368. The lowest BCUT2D eigenvalue weighted by Crippen LogP contribution is -2.36. The molecule has 12 heteroatoms. The van der Waals surface area contributed by atoms with Crippen LogP contribution in [-0.2, 0) is 49.2 Å². The zero-order valence-corrected chi connectivity index (χ0v) is 17.3. The number of nitrogens with zero attached hydrogens (tertiary/aromatic N) is 4. The maximum atomic E-state index is 13.0. The number of benzene rings is 1. The summed E-state index contributed by atoms with van der Waals surface area (Å²) in [6.45, 7) is -0.653. The fourth-order valence-corrected chi connectivity index (χ4v) is 5.20. The zero-order chi connectivity index (χ0) is 22.4. The maximum Gasteiger partial charge on any atom is 0.435 e. The van der Waals surface area contributed by atoms with Crippen molar-refractivity contribution in [3.05, 3.63) is 64.6 Å². The van der Waals surface area contributed by atoms with Gasteiger partial charge in [0.15, 0.2) is 10.7 Å². The van der Waals surface area contributed by atoms with Crippen LogP contribution in [0.4, 0.5) is 13.2 Å². The Morgan fingerprint density at radius 2 is 1.97 bits per heavy atom. The van der Waals surface area contributed by atoms with Crippen molar-refractivity contribution < 1.29 is 26.7 Å². The van der Waals surface area contributed by atoms with Crippen molar-refractivity contribution in [2.24, 2.45) is 7.05 Å². The number of fused-ring (bicyclic) bond motifs is 1. The quantitative estimate of drug-likeness (QED) is 0.588. The minimum atomic E-state index is -4.64. The van der Waals surface area contributed by atoms with Gasteiger partial charge < -0.3 is 5.11 Å². The van der Waals surface area contributed by atoms with E-state index in [0.29, 0.717) is 12.8 Å². The molecule has 1 unspecified atom stereocenters. The molecule has 2 aromatic heterocycles. The minimum Gasteiger partial charge on any atom is -0.392 e. The second-order valence-electron chi connectivity index (χ2n) is 7.48. The highest BCUT2D eigenvalue weighted by Gasteiger charge is 2.37. The Bertz CT molecular complexity index is 1220. The molecular formula is C19H20F3N5O3S. The van der Waals surface area contributed by atoms with Crippen LogP contribution in [0, 0.1) is 0 Å². The van der Waals surface area contributed by atoms with Crippen LogP contribution in [-0.4, -0.2) is 39.1 Å². The highest BCUT2D eigenvalue weighted by Crippen LogP contribution is 2.31. The van der Waals surface area contributed by atoms with E-state index in [2.05, 4.69) is 14.9 Å². The van der Waals surface area contributed by atoms with Gasteiger partial charge in [-0.15, -0.1) is 0 Å². The van der Waals surface area contributed by atoms with Crippen molar-refractivity contribution in [1.82, 2.24) is 24.3 Å². The second kappa shape index (κ2) is 7.77. The van der Waals surface area contributed by atoms with Crippen LogP contribution in [0.1, 0.15) is 27.9 Å². The molecule has 0 saturated heterocycles. The molecule has 0 bridgehead atoms. The predicted molar refractivity (Wildman–Crippen MR) is 103 cm³/mol. The Hall–Kier alpha value is -2.70. The number of halogens is 3. The van der Waals surface area contributed by atoms with Crippen LogP contribution in [0.25, 0.3) is 0 Å². The van der Waals surface area contributed by atoms with Gasteiger partial charge in [-0.3, -0.25) is 9.36 Å². The summed E-state index contributed by atoms with van der Waals surface area (Å²) in [4.78, 5) is 0. The van der Waals surface area contributed by atoms with E-state index in [0.717, 1.165) is 21.4 Å². The van der Waals surface area contributed by atoms with E-state index in [1.54, 1.807) is 13.1 Å². The molecule has 2 N–H and O–H groups in total. The summed E-state index contributed by atoms with van der Waals surface area (Å²) in [5.41, 5.74) is 1.27. The number of alkyl halides is 3. The first-order valence-electron chi connectivity index (χ1n) is 9.42. The first-order chi connectivity index (χ1) is 14.6. The van der Waals surface area contributed by atoms with Crippen molar-refractivity contribution in [1.29, 1.82) is 0 Å². The maximum absolute atomic E-state index is 13.0. The van der Waals surface area contributed by atoms with Gasteiger partial charge in [-0.05, 0) is 35.6 Å². The molecule has 0 aliphatic heterocycles. The van der Waals surface area contributed by atoms with E-state index in [1.165, 1.54) is 23.1 Å². The number of aliphatic hydroxyl groups excluding tert-OH is 1. The van der Waals surface area contributed by atoms with Crippen LogP contribution in [0.3, 0.4) is 0 Å². The Morgan fingerprint density at radius 3 is 2.58 bits per heavy atom. The molecule has 1 atom stereocenters. The summed E-state index contributed by atoms with van der Waals surface area (Å²) in [7, 11) is -2.17. The highest BCUT2D eigenvalue weighted by atomic mass is 32.2. The van der Waals surface area contributed by atoms with Crippen molar-refractivity contribution in [3.63, 3.8) is 0 Å².